The molecule has 1 atom stereocenters. The maximum Gasteiger partial charge on any atom is 0.164 e. The molecule has 5 heteroatoms. The van der Waals surface area contributed by atoms with Crippen LogP contribution in [0.25, 0.3) is 116 Å². The minimum atomic E-state index is -0.123. The third kappa shape index (κ3) is 5.52. The van der Waals surface area contributed by atoms with E-state index in [1.165, 1.54) is 10.8 Å². The molecule has 0 radical (unpaired) electrons. The van der Waals surface area contributed by atoms with Crippen LogP contribution in [0, 0.1) is 0 Å². The van der Waals surface area contributed by atoms with E-state index < -0.39 is 0 Å². The number of furan rings is 2. The van der Waals surface area contributed by atoms with Crippen LogP contribution in [0.15, 0.2) is 197 Å². The van der Waals surface area contributed by atoms with Crippen molar-refractivity contribution in [3.05, 3.63) is 205 Å². The fraction of sp³-hybridized carbons (Fsp3) is 0.0351. The van der Waals surface area contributed by atoms with Gasteiger partial charge in [0.15, 0.2) is 11.6 Å². The topological polar surface area (TPSA) is 65.0 Å². The second-order valence-electron chi connectivity index (χ2n) is 16.2. The Hall–Kier alpha value is -8.15. The fourth-order valence-corrected chi connectivity index (χ4v) is 9.70. The van der Waals surface area contributed by atoms with Crippen molar-refractivity contribution >= 4 is 71.3 Å². The molecule has 13 rings (SSSR count). The molecule has 290 valence electrons. The maximum absolute atomic E-state index is 6.51. The van der Waals surface area contributed by atoms with Crippen LogP contribution in [0.5, 0.6) is 0 Å². The minimum absolute atomic E-state index is 0.123. The van der Waals surface area contributed by atoms with E-state index in [0.29, 0.717) is 11.6 Å². The molecule has 0 saturated carbocycles. The summed E-state index contributed by atoms with van der Waals surface area (Å²) in [5.74, 6) is 2.74. The van der Waals surface area contributed by atoms with Gasteiger partial charge in [-0.3, -0.25) is 0 Å². The molecule has 9 aromatic carbocycles. The minimum Gasteiger partial charge on any atom is -0.456 e. The molecule has 12 aromatic rings. The van der Waals surface area contributed by atoms with Crippen LogP contribution in [0.1, 0.15) is 29.5 Å². The van der Waals surface area contributed by atoms with Crippen molar-refractivity contribution < 1.29 is 8.83 Å². The number of aromatic nitrogens is 3. The average molecular weight is 794 g/mol. The van der Waals surface area contributed by atoms with Crippen molar-refractivity contribution in [1.82, 2.24) is 15.0 Å². The summed E-state index contributed by atoms with van der Waals surface area (Å²) in [4.78, 5) is 16.1. The molecule has 62 heavy (non-hydrogen) atoms. The highest BCUT2D eigenvalue weighted by atomic mass is 16.3. The van der Waals surface area contributed by atoms with E-state index in [0.717, 1.165) is 111 Å². The molecule has 0 N–H and O–H groups in total. The van der Waals surface area contributed by atoms with Gasteiger partial charge in [0.05, 0.1) is 5.92 Å². The van der Waals surface area contributed by atoms with Crippen molar-refractivity contribution in [2.45, 2.75) is 12.3 Å². The summed E-state index contributed by atoms with van der Waals surface area (Å²) in [5, 5.41) is 10.1. The van der Waals surface area contributed by atoms with E-state index in [1.807, 2.05) is 24.3 Å². The van der Waals surface area contributed by atoms with Gasteiger partial charge < -0.3 is 8.83 Å². The number of nitrogens with zero attached hydrogens (tertiary/aromatic N) is 3. The first-order chi connectivity index (χ1) is 30.7. The number of fused-ring (bicyclic) bond motifs is 10. The predicted molar refractivity (Wildman–Crippen MR) is 253 cm³/mol. The summed E-state index contributed by atoms with van der Waals surface area (Å²) >= 11 is 0. The quantitative estimate of drug-likeness (QED) is 0.162. The van der Waals surface area contributed by atoms with E-state index >= 15 is 0 Å². The van der Waals surface area contributed by atoms with Crippen molar-refractivity contribution in [3.63, 3.8) is 0 Å². The second kappa shape index (κ2) is 13.7. The van der Waals surface area contributed by atoms with Gasteiger partial charge >= 0.3 is 0 Å². The van der Waals surface area contributed by atoms with Gasteiger partial charge in [0, 0.05) is 32.8 Å². The standard InChI is InChI=1S/C57H35N3O2/c1-2-13-34(14-3-1)40-32-47(54-45-20-9-11-23-50(45)62-52(54)33-40)37-27-25-35-26-28-38(30-39(35)29-37)55-58-56(46-21-12-24-51-53(46)44-19-8-10-22-49(44)61-51)60-57(59-55)48-31-36-15-4-5-16-41(36)42-17-6-7-18-43(42)48/h1-20,22-33,46H,21H2. The van der Waals surface area contributed by atoms with E-state index in [1.54, 1.807) is 0 Å². The van der Waals surface area contributed by atoms with Gasteiger partial charge in [-0.25, -0.2) is 15.0 Å². The predicted octanol–water partition coefficient (Wildman–Crippen LogP) is 15.2. The van der Waals surface area contributed by atoms with Crippen molar-refractivity contribution in [2.24, 2.45) is 0 Å². The Kier molecular flexibility index (Phi) is 7.66. The Morgan fingerprint density at radius 3 is 1.94 bits per heavy atom. The van der Waals surface area contributed by atoms with Crippen LogP contribution in [-0.2, 0) is 0 Å². The summed E-state index contributed by atoms with van der Waals surface area (Å²) in [6.45, 7) is 0. The fourth-order valence-electron chi connectivity index (χ4n) is 9.70. The number of para-hydroxylation sites is 2. The van der Waals surface area contributed by atoms with E-state index in [-0.39, 0.29) is 5.92 Å². The molecule has 0 aliphatic heterocycles. The third-order valence-electron chi connectivity index (χ3n) is 12.6. The molecule has 0 saturated heterocycles. The first-order valence-electron chi connectivity index (χ1n) is 21.1. The highest BCUT2D eigenvalue weighted by molar-refractivity contribution is 6.15. The van der Waals surface area contributed by atoms with Gasteiger partial charge in [0.25, 0.3) is 0 Å². The van der Waals surface area contributed by atoms with Crippen LogP contribution < -0.4 is 0 Å². The monoisotopic (exact) mass is 793 g/mol. The zero-order valence-electron chi connectivity index (χ0n) is 33.4. The Balaban J connectivity index is 1.02. The smallest absolute Gasteiger partial charge is 0.164 e. The highest BCUT2D eigenvalue weighted by Gasteiger charge is 2.29. The molecule has 0 spiro atoms. The number of allylic oxidation sites excluding steroid dienone is 1. The lowest BCUT2D eigenvalue weighted by molar-refractivity contribution is 0.586. The largest absolute Gasteiger partial charge is 0.456 e. The zero-order chi connectivity index (χ0) is 40.7. The van der Waals surface area contributed by atoms with Crippen LogP contribution in [-0.4, -0.2) is 15.0 Å². The molecule has 0 bridgehead atoms. The molecular weight excluding hydrogens is 759 g/mol. The SMILES string of the molecule is C1=Cc2oc3ccccc3c2C(c2nc(-c3ccc4ccc(-c5cc(-c6ccccc6)cc6oc7ccccc7c56)cc4c3)nc(-c3cc4ccccc4c4ccccc34)n2)C1. The van der Waals surface area contributed by atoms with E-state index in [2.05, 4.69) is 170 Å². The number of rotatable bonds is 5. The number of benzene rings is 9. The molecule has 3 heterocycles. The van der Waals surface area contributed by atoms with Crippen LogP contribution >= 0.6 is 0 Å². The molecule has 5 nitrogen and oxygen atoms in total. The van der Waals surface area contributed by atoms with Crippen molar-refractivity contribution in [1.29, 1.82) is 0 Å². The zero-order valence-corrected chi connectivity index (χ0v) is 33.4. The lowest BCUT2D eigenvalue weighted by atomic mass is 9.88. The summed E-state index contributed by atoms with van der Waals surface area (Å²) < 4.78 is 12.9. The lowest BCUT2D eigenvalue weighted by Crippen LogP contribution is -2.11. The van der Waals surface area contributed by atoms with Crippen LogP contribution in [0.2, 0.25) is 0 Å². The first kappa shape index (κ1) is 34.7. The van der Waals surface area contributed by atoms with Gasteiger partial charge in [-0.1, -0.05) is 146 Å². The van der Waals surface area contributed by atoms with Crippen molar-refractivity contribution in [2.75, 3.05) is 0 Å². The Bertz CT molecular complexity index is 3800. The van der Waals surface area contributed by atoms with E-state index in [9.17, 15) is 0 Å². The first-order valence-corrected chi connectivity index (χ1v) is 21.1. The van der Waals surface area contributed by atoms with Crippen molar-refractivity contribution in [3.8, 4) is 45.0 Å². The Morgan fingerprint density at radius 2 is 1.08 bits per heavy atom. The highest BCUT2D eigenvalue weighted by Crippen LogP contribution is 2.44. The summed E-state index contributed by atoms with van der Waals surface area (Å²) in [5.41, 5.74) is 10.1. The summed E-state index contributed by atoms with van der Waals surface area (Å²) in [7, 11) is 0. The molecule has 3 aromatic heterocycles. The maximum atomic E-state index is 6.51. The number of hydrogen-bond donors (Lipinski definition) is 0. The second-order valence-corrected chi connectivity index (χ2v) is 16.2. The van der Waals surface area contributed by atoms with Gasteiger partial charge in [-0.15, -0.1) is 0 Å². The third-order valence-corrected chi connectivity index (χ3v) is 12.6. The van der Waals surface area contributed by atoms with Gasteiger partial charge in [0.2, 0.25) is 0 Å². The Labute approximate surface area is 356 Å². The summed E-state index contributed by atoms with van der Waals surface area (Å²) in [6, 6.07) is 64.2. The molecule has 1 unspecified atom stereocenters. The summed E-state index contributed by atoms with van der Waals surface area (Å²) in [6.07, 6.45) is 5.01. The molecular formula is C57H35N3O2. The van der Waals surface area contributed by atoms with Crippen LogP contribution in [0.4, 0.5) is 0 Å². The molecule has 0 amide bonds. The van der Waals surface area contributed by atoms with Gasteiger partial charge in [0.1, 0.15) is 28.3 Å². The Morgan fingerprint density at radius 1 is 0.403 bits per heavy atom. The molecule has 0 fully saturated rings. The number of hydrogen-bond acceptors (Lipinski definition) is 5. The average Bonchev–Trinajstić information content (AvgIpc) is 3.92. The normalized spacial score (nSPS) is 13.8. The molecule has 1 aliphatic carbocycles. The van der Waals surface area contributed by atoms with Crippen LogP contribution in [0.3, 0.4) is 0 Å². The van der Waals surface area contributed by atoms with E-state index in [4.69, 9.17) is 23.8 Å². The lowest BCUT2D eigenvalue weighted by Gasteiger charge is -2.19. The van der Waals surface area contributed by atoms with Gasteiger partial charge in [-0.2, -0.15) is 0 Å². The van der Waals surface area contributed by atoms with Gasteiger partial charge in [-0.05, 0) is 110 Å². The molecule has 1 aliphatic rings.